The van der Waals surface area contributed by atoms with Crippen molar-refractivity contribution in [3.05, 3.63) is 29.3 Å². The highest BCUT2D eigenvalue weighted by molar-refractivity contribution is 5.48. The molecular formula is C15H23NO. The molecule has 94 valence electrons. The summed E-state index contributed by atoms with van der Waals surface area (Å²) in [7, 11) is 1.77. The van der Waals surface area contributed by atoms with Crippen molar-refractivity contribution in [1.29, 1.82) is 0 Å². The van der Waals surface area contributed by atoms with Crippen molar-refractivity contribution in [1.82, 2.24) is 0 Å². The van der Waals surface area contributed by atoms with E-state index in [1.54, 1.807) is 7.11 Å². The van der Waals surface area contributed by atoms with Gasteiger partial charge in [0.15, 0.2) is 0 Å². The van der Waals surface area contributed by atoms with Crippen LogP contribution in [0, 0.1) is 0 Å². The summed E-state index contributed by atoms with van der Waals surface area (Å²) in [4.78, 5) is 0. The summed E-state index contributed by atoms with van der Waals surface area (Å²) in [6.07, 6.45) is 3.68. The molecule has 2 heteroatoms. The monoisotopic (exact) mass is 233 g/mol. The van der Waals surface area contributed by atoms with Gasteiger partial charge in [0.1, 0.15) is 5.75 Å². The Bertz CT molecular complexity index is 388. The lowest BCUT2D eigenvalue weighted by Crippen LogP contribution is -2.41. The molecule has 0 aromatic heterocycles. The highest BCUT2D eigenvalue weighted by Crippen LogP contribution is 2.48. The standard InChI is InChI=1S/C15H23NO/c1-11(2)12-6-4-7-13(14(12)17-3)15(10-16)8-5-9-15/h4,6-7,11H,5,8-10,16H2,1-3H3. The quantitative estimate of drug-likeness (QED) is 0.866. The first-order valence-electron chi connectivity index (χ1n) is 6.52. The Morgan fingerprint density at radius 2 is 2.06 bits per heavy atom. The van der Waals surface area contributed by atoms with Gasteiger partial charge in [0.2, 0.25) is 0 Å². The van der Waals surface area contributed by atoms with E-state index in [1.807, 2.05) is 0 Å². The van der Waals surface area contributed by atoms with Crippen LogP contribution in [-0.4, -0.2) is 13.7 Å². The molecule has 0 heterocycles. The van der Waals surface area contributed by atoms with E-state index in [-0.39, 0.29) is 5.41 Å². The lowest BCUT2D eigenvalue weighted by atomic mass is 9.64. The van der Waals surface area contributed by atoms with Crippen LogP contribution in [0.5, 0.6) is 5.75 Å². The second-order valence-electron chi connectivity index (χ2n) is 5.42. The van der Waals surface area contributed by atoms with Crippen LogP contribution in [0.4, 0.5) is 0 Å². The van der Waals surface area contributed by atoms with Crippen molar-refractivity contribution in [2.24, 2.45) is 5.73 Å². The van der Waals surface area contributed by atoms with E-state index in [1.165, 1.54) is 30.4 Å². The van der Waals surface area contributed by atoms with Gasteiger partial charge in [-0.1, -0.05) is 38.5 Å². The predicted octanol–water partition coefficient (Wildman–Crippen LogP) is 3.20. The van der Waals surface area contributed by atoms with E-state index in [0.29, 0.717) is 5.92 Å². The molecule has 0 atom stereocenters. The normalized spacial score (nSPS) is 17.9. The largest absolute Gasteiger partial charge is 0.496 e. The highest BCUT2D eigenvalue weighted by Gasteiger charge is 2.39. The zero-order chi connectivity index (χ0) is 12.5. The molecule has 1 fully saturated rings. The van der Waals surface area contributed by atoms with Crippen molar-refractivity contribution in [3.63, 3.8) is 0 Å². The first-order valence-corrected chi connectivity index (χ1v) is 6.52. The predicted molar refractivity (Wildman–Crippen MR) is 71.7 cm³/mol. The summed E-state index contributed by atoms with van der Waals surface area (Å²) in [5.41, 5.74) is 8.79. The number of methoxy groups -OCH3 is 1. The summed E-state index contributed by atoms with van der Waals surface area (Å²) in [6.45, 7) is 5.14. The summed E-state index contributed by atoms with van der Waals surface area (Å²) in [6, 6.07) is 6.50. The number of hydrogen-bond acceptors (Lipinski definition) is 2. The molecule has 0 radical (unpaired) electrons. The van der Waals surface area contributed by atoms with E-state index >= 15 is 0 Å². The van der Waals surface area contributed by atoms with Gasteiger partial charge in [-0.2, -0.15) is 0 Å². The molecular weight excluding hydrogens is 210 g/mol. The molecule has 0 saturated heterocycles. The van der Waals surface area contributed by atoms with Crippen LogP contribution in [0.1, 0.15) is 50.2 Å². The molecule has 1 aromatic carbocycles. The van der Waals surface area contributed by atoms with Crippen molar-refractivity contribution in [2.75, 3.05) is 13.7 Å². The average molecular weight is 233 g/mol. The topological polar surface area (TPSA) is 35.2 Å². The summed E-state index contributed by atoms with van der Waals surface area (Å²) in [5, 5.41) is 0. The van der Waals surface area contributed by atoms with Gasteiger partial charge in [0, 0.05) is 17.5 Å². The second-order valence-corrected chi connectivity index (χ2v) is 5.42. The third-order valence-corrected chi connectivity index (χ3v) is 4.14. The Kier molecular flexibility index (Phi) is 3.43. The number of benzene rings is 1. The van der Waals surface area contributed by atoms with Gasteiger partial charge in [-0.05, 0) is 24.3 Å². The molecule has 1 aromatic rings. The number of hydrogen-bond donors (Lipinski definition) is 1. The van der Waals surface area contributed by atoms with E-state index in [9.17, 15) is 0 Å². The highest BCUT2D eigenvalue weighted by atomic mass is 16.5. The van der Waals surface area contributed by atoms with Crippen LogP contribution in [-0.2, 0) is 5.41 Å². The van der Waals surface area contributed by atoms with Crippen molar-refractivity contribution < 1.29 is 4.74 Å². The first kappa shape index (κ1) is 12.4. The van der Waals surface area contributed by atoms with Crippen LogP contribution >= 0.6 is 0 Å². The van der Waals surface area contributed by atoms with E-state index in [2.05, 4.69) is 32.0 Å². The number of ether oxygens (including phenoxy) is 1. The Hall–Kier alpha value is -1.02. The molecule has 1 saturated carbocycles. The lowest BCUT2D eigenvalue weighted by Gasteiger charge is -2.42. The zero-order valence-electron chi connectivity index (χ0n) is 11.1. The average Bonchev–Trinajstić information content (AvgIpc) is 2.28. The van der Waals surface area contributed by atoms with Gasteiger partial charge in [-0.15, -0.1) is 0 Å². The van der Waals surface area contributed by atoms with Gasteiger partial charge in [0.05, 0.1) is 7.11 Å². The molecule has 0 amide bonds. The summed E-state index contributed by atoms with van der Waals surface area (Å²) < 4.78 is 5.67. The molecule has 1 aliphatic rings. The fourth-order valence-corrected chi connectivity index (χ4v) is 2.84. The van der Waals surface area contributed by atoms with Crippen molar-refractivity contribution in [3.8, 4) is 5.75 Å². The third-order valence-electron chi connectivity index (χ3n) is 4.14. The maximum absolute atomic E-state index is 6.00. The van der Waals surface area contributed by atoms with Crippen LogP contribution < -0.4 is 10.5 Å². The minimum atomic E-state index is 0.177. The fraction of sp³-hybridized carbons (Fsp3) is 0.600. The van der Waals surface area contributed by atoms with E-state index in [4.69, 9.17) is 10.5 Å². The first-order chi connectivity index (χ1) is 8.14. The Morgan fingerprint density at radius 3 is 2.47 bits per heavy atom. The van der Waals surface area contributed by atoms with Crippen LogP contribution in [0.15, 0.2) is 18.2 Å². The molecule has 1 aliphatic carbocycles. The molecule has 0 unspecified atom stereocenters. The molecule has 0 spiro atoms. The SMILES string of the molecule is COc1c(C(C)C)cccc1C1(CN)CCC1. The number of nitrogens with two attached hydrogens (primary N) is 1. The molecule has 0 bridgehead atoms. The van der Waals surface area contributed by atoms with Gasteiger partial charge in [-0.25, -0.2) is 0 Å². The van der Waals surface area contributed by atoms with Crippen LogP contribution in [0.2, 0.25) is 0 Å². The molecule has 17 heavy (non-hydrogen) atoms. The van der Waals surface area contributed by atoms with E-state index in [0.717, 1.165) is 12.3 Å². The molecule has 0 aliphatic heterocycles. The number of rotatable bonds is 4. The van der Waals surface area contributed by atoms with E-state index < -0.39 is 0 Å². The summed E-state index contributed by atoms with van der Waals surface area (Å²) in [5.74, 6) is 1.55. The third kappa shape index (κ3) is 1.95. The fourth-order valence-electron chi connectivity index (χ4n) is 2.84. The van der Waals surface area contributed by atoms with Gasteiger partial charge in [0.25, 0.3) is 0 Å². The zero-order valence-corrected chi connectivity index (χ0v) is 11.1. The minimum absolute atomic E-state index is 0.177. The number of para-hydroxylation sites is 1. The van der Waals surface area contributed by atoms with Gasteiger partial charge >= 0.3 is 0 Å². The van der Waals surface area contributed by atoms with Gasteiger partial charge in [-0.3, -0.25) is 0 Å². The Labute approximate surface area is 104 Å². The summed E-state index contributed by atoms with van der Waals surface area (Å²) >= 11 is 0. The van der Waals surface area contributed by atoms with Crippen LogP contribution in [0.3, 0.4) is 0 Å². The Balaban J connectivity index is 2.50. The van der Waals surface area contributed by atoms with Crippen molar-refractivity contribution >= 4 is 0 Å². The maximum atomic E-state index is 6.00. The molecule has 2 nitrogen and oxygen atoms in total. The Morgan fingerprint density at radius 1 is 1.35 bits per heavy atom. The minimum Gasteiger partial charge on any atom is -0.496 e. The maximum Gasteiger partial charge on any atom is 0.126 e. The van der Waals surface area contributed by atoms with Crippen LogP contribution in [0.25, 0.3) is 0 Å². The lowest BCUT2D eigenvalue weighted by molar-refractivity contribution is 0.242. The molecule has 2 N–H and O–H groups in total. The second kappa shape index (κ2) is 4.69. The van der Waals surface area contributed by atoms with Crippen molar-refractivity contribution in [2.45, 2.75) is 44.4 Å². The smallest absolute Gasteiger partial charge is 0.126 e. The van der Waals surface area contributed by atoms with Gasteiger partial charge < -0.3 is 10.5 Å². The molecule has 2 rings (SSSR count).